The van der Waals surface area contributed by atoms with E-state index in [1.807, 2.05) is 55.6 Å². The Balaban J connectivity index is 1.80. The number of thiazole rings is 1. The van der Waals surface area contributed by atoms with E-state index >= 15 is 0 Å². The zero-order valence-electron chi connectivity index (χ0n) is 14.5. The molecule has 2 aromatic carbocycles. The predicted molar refractivity (Wildman–Crippen MR) is 106 cm³/mol. The number of aryl methyl sites for hydroxylation is 2. The van der Waals surface area contributed by atoms with Gasteiger partial charge in [0.25, 0.3) is 5.91 Å². The van der Waals surface area contributed by atoms with Gasteiger partial charge in [0, 0.05) is 10.9 Å². The molecule has 0 fully saturated rings. The van der Waals surface area contributed by atoms with Crippen molar-refractivity contribution >= 4 is 28.5 Å². The summed E-state index contributed by atoms with van der Waals surface area (Å²) in [6.45, 7) is 4.06. The lowest BCUT2D eigenvalue weighted by Crippen LogP contribution is -2.13. The number of aromatic nitrogens is 1. The number of carbonyl (C=O) groups excluding carboxylic acids is 1. The van der Waals surface area contributed by atoms with E-state index in [0.717, 1.165) is 27.9 Å². The van der Waals surface area contributed by atoms with Crippen molar-refractivity contribution in [1.29, 1.82) is 5.26 Å². The van der Waals surface area contributed by atoms with Crippen LogP contribution in [0.15, 0.2) is 59.5 Å². The summed E-state index contributed by atoms with van der Waals surface area (Å²) in [7, 11) is 0. The maximum absolute atomic E-state index is 12.4. The van der Waals surface area contributed by atoms with Gasteiger partial charge >= 0.3 is 0 Å². The van der Waals surface area contributed by atoms with E-state index in [2.05, 4.69) is 28.5 Å². The highest BCUT2D eigenvalue weighted by molar-refractivity contribution is 7.14. The molecule has 1 N–H and O–H groups in total. The molecule has 5 heteroatoms. The standard InChI is InChI=1S/C21H17N3OS/c1-14-8-9-15(2)18(10-14)19-13-26-21(23-19)24-20(25)17(12-22)11-16-6-4-3-5-7-16/h3-11,13H,1-2H3,(H,23,24,25)/b17-11+. The second kappa shape index (κ2) is 7.77. The van der Waals surface area contributed by atoms with Gasteiger partial charge in [0.1, 0.15) is 11.6 Å². The summed E-state index contributed by atoms with van der Waals surface area (Å²) in [6, 6.07) is 17.4. The molecule has 1 heterocycles. The van der Waals surface area contributed by atoms with Crippen molar-refractivity contribution in [3.63, 3.8) is 0 Å². The van der Waals surface area contributed by atoms with Gasteiger partial charge in [-0.2, -0.15) is 5.26 Å². The third kappa shape index (κ3) is 4.05. The number of hydrogen-bond acceptors (Lipinski definition) is 4. The minimum atomic E-state index is -0.460. The zero-order valence-corrected chi connectivity index (χ0v) is 15.3. The summed E-state index contributed by atoms with van der Waals surface area (Å²) in [6.07, 6.45) is 1.56. The van der Waals surface area contributed by atoms with E-state index in [1.165, 1.54) is 11.3 Å². The quantitative estimate of drug-likeness (QED) is 0.528. The molecule has 0 saturated carbocycles. The van der Waals surface area contributed by atoms with Crippen LogP contribution in [0.25, 0.3) is 17.3 Å². The maximum Gasteiger partial charge on any atom is 0.268 e. The Morgan fingerprint density at radius 2 is 1.96 bits per heavy atom. The number of anilines is 1. The highest BCUT2D eigenvalue weighted by Gasteiger charge is 2.13. The van der Waals surface area contributed by atoms with Crippen LogP contribution in [-0.4, -0.2) is 10.9 Å². The highest BCUT2D eigenvalue weighted by Crippen LogP contribution is 2.28. The molecule has 0 radical (unpaired) electrons. The summed E-state index contributed by atoms with van der Waals surface area (Å²) in [4.78, 5) is 16.9. The summed E-state index contributed by atoms with van der Waals surface area (Å²) in [5.41, 5.74) is 4.98. The van der Waals surface area contributed by atoms with Gasteiger partial charge in [0.05, 0.1) is 5.69 Å². The lowest BCUT2D eigenvalue weighted by Gasteiger charge is -2.04. The van der Waals surface area contributed by atoms with Crippen LogP contribution in [0.5, 0.6) is 0 Å². The Bertz CT molecular complexity index is 1010. The molecule has 1 amide bonds. The first-order chi connectivity index (χ1) is 12.6. The number of carbonyl (C=O) groups is 1. The molecule has 0 bridgehead atoms. The molecular formula is C21H17N3OS. The fourth-order valence-corrected chi connectivity index (χ4v) is 3.20. The van der Waals surface area contributed by atoms with Crippen LogP contribution < -0.4 is 5.32 Å². The van der Waals surface area contributed by atoms with Crippen molar-refractivity contribution in [3.8, 4) is 17.3 Å². The van der Waals surface area contributed by atoms with Gasteiger partial charge in [-0.05, 0) is 37.1 Å². The Labute approximate surface area is 156 Å². The third-order valence-electron chi connectivity index (χ3n) is 3.87. The average molecular weight is 359 g/mol. The number of nitrogens with one attached hydrogen (secondary N) is 1. The fraction of sp³-hybridized carbons (Fsp3) is 0.0952. The summed E-state index contributed by atoms with van der Waals surface area (Å²) < 4.78 is 0. The van der Waals surface area contributed by atoms with E-state index in [1.54, 1.807) is 6.08 Å². The van der Waals surface area contributed by atoms with Crippen LogP contribution in [0, 0.1) is 25.2 Å². The number of benzene rings is 2. The molecule has 0 unspecified atom stereocenters. The van der Waals surface area contributed by atoms with Crippen LogP contribution in [0.2, 0.25) is 0 Å². The summed E-state index contributed by atoms with van der Waals surface area (Å²) >= 11 is 1.34. The van der Waals surface area contributed by atoms with Gasteiger partial charge in [-0.15, -0.1) is 11.3 Å². The minimum absolute atomic E-state index is 0.0414. The predicted octanol–water partition coefficient (Wildman–Crippen LogP) is 4.97. The smallest absolute Gasteiger partial charge is 0.268 e. The number of nitriles is 1. The molecule has 0 aliphatic rings. The Hall–Kier alpha value is -3.23. The number of hydrogen-bond donors (Lipinski definition) is 1. The zero-order chi connectivity index (χ0) is 18.5. The SMILES string of the molecule is Cc1ccc(C)c(-c2csc(NC(=O)/C(C#N)=C/c3ccccc3)n2)c1. The second-order valence-electron chi connectivity index (χ2n) is 5.89. The monoisotopic (exact) mass is 359 g/mol. The van der Waals surface area contributed by atoms with Crippen molar-refractivity contribution in [2.24, 2.45) is 0 Å². The van der Waals surface area contributed by atoms with E-state index < -0.39 is 5.91 Å². The van der Waals surface area contributed by atoms with E-state index in [4.69, 9.17) is 0 Å². The molecular weight excluding hydrogens is 342 g/mol. The lowest BCUT2D eigenvalue weighted by molar-refractivity contribution is -0.112. The molecule has 0 aliphatic carbocycles. The van der Waals surface area contributed by atoms with Crippen molar-refractivity contribution in [3.05, 3.63) is 76.2 Å². The molecule has 3 aromatic rings. The first kappa shape index (κ1) is 17.6. The third-order valence-corrected chi connectivity index (χ3v) is 4.63. The molecule has 0 atom stereocenters. The molecule has 26 heavy (non-hydrogen) atoms. The Morgan fingerprint density at radius 1 is 1.19 bits per heavy atom. The molecule has 0 aliphatic heterocycles. The largest absolute Gasteiger partial charge is 0.297 e. The van der Waals surface area contributed by atoms with Crippen molar-refractivity contribution in [2.75, 3.05) is 5.32 Å². The summed E-state index contributed by atoms with van der Waals surface area (Å²) in [5.74, 6) is -0.460. The molecule has 0 saturated heterocycles. The van der Waals surface area contributed by atoms with E-state index in [9.17, 15) is 10.1 Å². The average Bonchev–Trinajstić information content (AvgIpc) is 3.10. The van der Waals surface area contributed by atoms with Crippen molar-refractivity contribution < 1.29 is 4.79 Å². The number of nitrogens with zero attached hydrogens (tertiary/aromatic N) is 2. The number of amides is 1. The normalized spacial score (nSPS) is 11.0. The van der Waals surface area contributed by atoms with Crippen molar-refractivity contribution in [2.45, 2.75) is 13.8 Å². The van der Waals surface area contributed by atoms with Gasteiger partial charge in [-0.25, -0.2) is 4.98 Å². The van der Waals surface area contributed by atoms with Gasteiger partial charge in [-0.1, -0.05) is 48.0 Å². The van der Waals surface area contributed by atoms with Crippen molar-refractivity contribution in [1.82, 2.24) is 4.98 Å². The van der Waals surface area contributed by atoms with E-state index in [-0.39, 0.29) is 5.57 Å². The summed E-state index contributed by atoms with van der Waals surface area (Å²) in [5, 5.41) is 14.4. The Kier molecular flexibility index (Phi) is 5.26. The fourth-order valence-electron chi connectivity index (χ4n) is 2.50. The molecule has 128 valence electrons. The topological polar surface area (TPSA) is 65.8 Å². The minimum Gasteiger partial charge on any atom is -0.297 e. The maximum atomic E-state index is 12.4. The first-order valence-corrected chi connectivity index (χ1v) is 8.96. The van der Waals surface area contributed by atoms with Crippen LogP contribution in [0.1, 0.15) is 16.7 Å². The number of rotatable bonds is 4. The molecule has 1 aromatic heterocycles. The molecule has 4 nitrogen and oxygen atoms in total. The highest BCUT2D eigenvalue weighted by atomic mass is 32.1. The van der Waals surface area contributed by atoms with Crippen LogP contribution in [-0.2, 0) is 4.79 Å². The molecule has 0 spiro atoms. The van der Waals surface area contributed by atoms with Gasteiger partial charge < -0.3 is 0 Å². The molecule has 3 rings (SSSR count). The van der Waals surface area contributed by atoms with Crippen LogP contribution >= 0.6 is 11.3 Å². The van der Waals surface area contributed by atoms with Gasteiger partial charge in [0.2, 0.25) is 0 Å². The van der Waals surface area contributed by atoms with E-state index in [0.29, 0.717) is 5.13 Å². The van der Waals surface area contributed by atoms with Crippen LogP contribution in [0.4, 0.5) is 5.13 Å². The lowest BCUT2D eigenvalue weighted by atomic mass is 10.0. The first-order valence-electron chi connectivity index (χ1n) is 8.08. The van der Waals surface area contributed by atoms with Crippen LogP contribution in [0.3, 0.4) is 0 Å². The van der Waals surface area contributed by atoms with Gasteiger partial charge in [0.15, 0.2) is 5.13 Å². The Morgan fingerprint density at radius 3 is 2.69 bits per heavy atom. The van der Waals surface area contributed by atoms with Gasteiger partial charge in [-0.3, -0.25) is 10.1 Å². The second-order valence-corrected chi connectivity index (χ2v) is 6.75.